The van der Waals surface area contributed by atoms with Gasteiger partial charge in [0.2, 0.25) is 5.95 Å². The average molecular weight is 477 g/mol. The molecule has 2 aliphatic rings. The summed E-state index contributed by atoms with van der Waals surface area (Å²) in [6, 6.07) is 13.7. The molecule has 2 aromatic carbocycles. The minimum Gasteiger partial charge on any atom is -0.478 e. The number of carbonyl (C=O) groups is 1. The van der Waals surface area contributed by atoms with Gasteiger partial charge in [-0.25, -0.2) is 27.9 Å². The quantitative estimate of drug-likeness (QED) is 0.466. The van der Waals surface area contributed by atoms with Crippen molar-refractivity contribution in [2.45, 2.75) is 37.1 Å². The Hall–Kier alpha value is -3.72. The van der Waals surface area contributed by atoms with Crippen LogP contribution in [0.1, 0.15) is 51.3 Å². The molecule has 0 radical (unpaired) electrons. The Balaban J connectivity index is 1.47. The number of sulfonamides is 1. The topological polar surface area (TPSA) is 121 Å². The fourth-order valence-electron chi connectivity index (χ4n) is 4.85. The number of aryl methyl sites for hydroxylation is 2. The van der Waals surface area contributed by atoms with E-state index in [2.05, 4.69) is 32.2 Å². The summed E-state index contributed by atoms with van der Waals surface area (Å²) < 4.78 is 28.7. The highest BCUT2D eigenvalue weighted by molar-refractivity contribution is 7.92. The fraction of sp³-hybridized carbons (Fsp3) is 0.240. The van der Waals surface area contributed by atoms with Gasteiger partial charge in [0.15, 0.2) is 0 Å². The molecule has 0 amide bonds. The van der Waals surface area contributed by atoms with Gasteiger partial charge in [0, 0.05) is 23.0 Å². The maximum atomic E-state index is 13.1. The Morgan fingerprint density at radius 2 is 1.76 bits per heavy atom. The normalized spacial score (nSPS) is 20.8. The van der Waals surface area contributed by atoms with Crippen LogP contribution < -0.4 is 10.0 Å². The molecule has 1 aliphatic heterocycles. The van der Waals surface area contributed by atoms with Crippen molar-refractivity contribution in [1.82, 2.24) is 9.97 Å². The Morgan fingerprint density at radius 3 is 2.44 bits per heavy atom. The number of allylic oxidation sites excluding steroid dienone is 2. The molecular weight excluding hydrogens is 452 g/mol. The summed E-state index contributed by atoms with van der Waals surface area (Å²) >= 11 is 0. The van der Waals surface area contributed by atoms with Crippen LogP contribution in [0.2, 0.25) is 0 Å². The maximum absolute atomic E-state index is 13.1. The molecule has 1 aliphatic carbocycles. The van der Waals surface area contributed by atoms with Crippen molar-refractivity contribution in [3.63, 3.8) is 0 Å². The Bertz CT molecular complexity index is 1400. The molecule has 0 spiro atoms. The molecule has 34 heavy (non-hydrogen) atoms. The van der Waals surface area contributed by atoms with Crippen LogP contribution >= 0.6 is 0 Å². The minimum absolute atomic E-state index is 0.0143. The summed E-state index contributed by atoms with van der Waals surface area (Å²) in [6.45, 7) is 3.57. The van der Waals surface area contributed by atoms with Crippen LogP contribution in [0.4, 0.5) is 11.6 Å². The van der Waals surface area contributed by atoms with E-state index in [0.717, 1.165) is 23.2 Å². The first-order chi connectivity index (χ1) is 16.2. The third-order valence-electron chi connectivity index (χ3n) is 6.37. The summed E-state index contributed by atoms with van der Waals surface area (Å²) in [6.07, 6.45) is 5.08. The van der Waals surface area contributed by atoms with Crippen LogP contribution in [0.15, 0.2) is 65.6 Å². The van der Waals surface area contributed by atoms with Gasteiger partial charge in [-0.3, -0.25) is 0 Å². The Kier molecular flexibility index (Phi) is 5.36. The summed E-state index contributed by atoms with van der Waals surface area (Å²) in [5.41, 5.74) is 4.39. The fourth-order valence-corrected chi connectivity index (χ4v) is 5.83. The molecule has 8 nitrogen and oxygen atoms in total. The van der Waals surface area contributed by atoms with E-state index in [1.165, 1.54) is 0 Å². The van der Waals surface area contributed by atoms with Crippen LogP contribution in [0.5, 0.6) is 0 Å². The number of benzene rings is 2. The lowest BCUT2D eigenvalue weighted by molar-refractivity contribution is 0.0697. The standard InChI is InChI=1S/C25H24N4O4S/c1-14-12-15(2)27-25(26-14)29-34(32,33)18-10-11-22-21(13-18)19-4-3-5-20(19)23(28-22)16-6-8-17(9-7-16)24(30)31/h3-4,6-13,19-20,23,28H,5H2,1-2H3,(H,30,31)(H,26,27,29)/t19-,20+,23+/m1/s1. The molecule has 0 fully saturated rings. The number of nitrogens with one attached hydrogen (secondary N) is 2. The van der Waals surface area contributed by atoms with Crippen molar-refractivity contribution < 1.29 is 18.3 Å². The maximum Gasteiger partial charge on any atom is 0.335 e. The van der Waals surface area contributed by atoms with Gasteiger partial charge >= 0.3 is 5.97 Å². The van der Waals surface area contributed by atoms with Crippen molar-refractivity contribution in [1.29, 1.82) is 0 Å². The minimum atomic E-state index is -3.87. The van der Waals surface area contributed by atoms with Crippen LogP contribution in [0.25, 0.3) is 0 Å². The van der Waals surface area contributed by atoms with Gasteiger partial charge in [0.1, 0.15) is 0 Å². The molecule has 3 atom stereocenters. The number of anilines is 2. The smallest absolute Gasteiger partial charge is 0.335 e. The predicted octanol–water partition coefficient (Wildman–Crippen LogP) is 4.42. The molecule has 2 heterocycles. The van der Waals surface area contributed by atoms with Gasteiger partial charge in [-0.1, -0.05) is 24.3 Å². The average Bonchev–Trinajstić information content (AvgIpc) is 3.27. The lowest BCUT2D eigenvalue weighted by atomic mass is 9.77. The van der Waals surface area contributed by atoms with E-state index >= 15 is 0 Å². The number of carboxylic acids is 1. The van der Waals surface area contributed by atoms with E-state index < -0.39 is 16.0 Å². The van der Waals surface area contributed by atoms with E-state index in [1.807, 2.05) is 12.1 Å². The molecule has 3 N–H and O–H groups in total. The van der Waals surface area contributed by atoms with E-state index in [9.17, 15) is 18.3 Å². The zero-order valence-electron chi connectivity index (χ0n) is 18.7. The molecule has 3 aromatic rings. The SMILES string of the molecule is Cc1cc(C)nc(NS(=O)(=O)c2ccc3c(c2)[C@@H]2C=CC[C@@H]2[C@H](c2ccc(C(=O)O)cc2)N3)n1. The van der Waals surface area contributed by atoms with Crippen molar-refractivity contribution >= 4 is 27.6 Å². The van der Waals surface area contributed by atoms with Crippen LogP contribution in [0, 0.1) is 19.8 Å². The van der Waals surface area contributed by atoms with Crippen molar-refractivity contribution in [2.75, 3.05) is 10.0 Å². The van der Waals surface area contributed by atoms with Gasteiger partial charge in [0.25, 0.3) is 10.0 Å². The highest BCUT2D eigenvalue weighted by Gasteiger charge is 2.38. The summed E-state index contributed by atoms with van der Waals surface area (Å²) in [5, 5.41) is 12.7. The number of nitrogens with zero attached hydrogens (tertiary/aromatic N) is 2. The summed E-state index contributed by atoms with van der Waals surface area (Å²) in [4.78, 5) is 19.7. The van der Waals surface area contributed by atoms with Crippen LogP contribution in [-0.4, -0.2) is 29.5 Å². The van der Waals surface area contributed by atoms with Gasteiger partial charge < -0.3 is 10.4 Å². The van der Waals surface area contributed by atoms with Gasteiger partial charge in [-0.2, -0.15) is 0 Å². The number of fused-ring (bicyclic) bond motifs is 3. The molecule has 0 bridgehead atoms. The second-order valence-electron chi connectivity index (χ2n) is 8.73. The summed E-state index contributed by atoms with van der Waals surface area (Å²) in [5.74, 6) is -0.663. The van der Waals surface area contributed by atoms with E-state index in [0.29, 0.717) is 11.4 Å². The van der Waals surface area contributed by atoms with Crippen LogP contribution in [-0.2, 0) is 10.0 Å². The van der Waals surface area contributed by atoms with E-state index in [1.54, 1.807) is 50.2 Å². The third-order valence-corrected chi connectivity index (χ3v) is 7.70. The first-order valence-electron chi connectivity index (χ1n) is 11.0. The second kappa shape index (κ2) is 8.25. The lowest BCUT2D eigenvalue weighted by Crippen LogP contribution is -2.29. The number of aromatic carboxylic acids is 1. The third kappa shape index (κ3) is 4.03. The molecule has 5 rings (SSSR count). The second-order valence-corrected chi connectivity index (χ2v) is 10.4. The van der Waals surface area contributed by atoms with Crippen molar-refractivity contribution in [3.8, 4) is 0 Å². The molecule has 9 heteroatoms. The number of hydrogen-bond acceptors (Lipinski definition) is 6. The first kappa shape index (κ1) is 22.1. The van der Waals surface area contributed by atoms with Gasteiger partial charge in [-0.15, -0.1) is 0 Å². The monoisotopic (exact) mass is 476 g/mol. The highest BCUT2D eigenvalue weighted by atomic mass is 32.2. The molecule has 0 saturated heterocycles. The Labute approximate surface area is 197 Å². The summed E-state index contributed by atoms with van der Waals surface area (Å²) in [7, 11) is -3.87. The predicted molar refractivity (Wildman–Crippen MR) is 129 cm³/mol. The van der Waals surface area contributed by atoms with E-state index in [4.69, 9.17) is 0 Å². The highest BCUT2D eigenvalue weighted by Crippen LogP contribution is 2.50. The molecular formula is C25H24N4O4S. The van der Waals surface area contributed by atoms with Gasteiger partial charge in [-0.05, 0) is 73.7 Å². The Morgan fingerprint density at radius 1 is 1.06 bits per heavy atom. The molecule has 0 saturated carbocycles. The largest absolute Gasteiger partial charge is 0.478 e. The number of carboxylic acid groups (broad SMARTS) is 1. The number of hydrogen-bond donors (Lipinski definition) is 3. The van der Waals surface area contributed by atoms with Crippen molar-refractivity contribution in [2.24, 2.45) is 5.92 Å². The zero-order valence-corrected chi connectivity index (χ0v) is 19.5. The molecule has 0 unspecified atom stereocenters. The zero-order chi connectivity index (χ0) is 24.0. The van der Waals surface area contributed by atoms with E-state index in [-0.39, 0.29) is 34.3 Å². The van der Waals surface area contributed by atoms with Crippen molar-refractivity contribution in [3.05, 3.63) is 88.8 Å². The van der Waals surface area contributed by atoms with Crippen LogP contribution in [0.3, 0.4) is 0 Å². The molecule has 174 valence electrons. The number of rotatable bonds is 5. The first-order valence-corrected chi connectivity index (χ1v) is 12.4. The molecule has 1 aromatic heterocycles. The lowest BCUT2D eigenvalue weighted by Gasteiger charge is -2.37. The number of aromatic nitrogens is 2. The van der Waals surface area contributed by atoms with Gasteiger partial charge in [0.05, 0.1) is 16.5 Å².